The highest BCUT2D eigenvalue weighted by Gasteiger charge is 2.17. The Morgan fingerprint density at radius 3 is 2.75 bits per heavy atom. The first-order valence-electron chi connectivity index (χ1n) is 6.87. The maximum Gasteiger partial charge on any atom is 0.374 e. The predicted molar refractivity (Wildman–Crippen MR) is 88.0 cm³/mol. The van der Waals surface area contributed by atoms with E-state index in [-0.39, 0.29) is 11.3 Å². The number of hydrogen-bond acceptors (Lipinski definition) is 6. The molecule has 8 heteroatoms. The Balaban J connectivity index is 1.60. The van der Waals surface area contributed by atoms with Crippen LogP contribution in [0.1, 0.15) is 20.9 Å². The lowest BCUT2D eigenvalue weighted by Gasteiger charge is -2.05. The molecule has 0 spiro atoms. The fourth-order valence-electron chi connectivity index (χ4n) is 2.05. The van der Waals surface area contributed by atoms with E-state index < -0.39 is 24.4 Å². The van der Waals surface area contributed by atoms with Gasteiger partial charge < -0.3 is 20.2 Å². The number of carbonyl (C=O) groups excluding carboxylic acids is 3. The van der Waals surface area contributed by atoms with Crippen LogP contribution in [0.25, 0.3) is 11.0 Å². The maximum absolute atomic E-state index is 11.9. The number of fused-ring (bicyclic) bond motifs is 1. The van der Waals surface area contributed by atoms with Gasteiger partial charge in [-0.2, -0.15) is 0 Å². The first-order valence-corrected chi connectivity index (χ1v) is 7.75. The van der Waals surface area contributed by atoms with Crippen LogP contribution in [-0.2, 0) is 9.53 Å². The van der Waals surface area contributed by atoms with Crippen molar-refractivity contribution >= 4 is 45.1 Å². The lowest BCUT2D eigenvalue weighted by atomic mass is 10.2. The number of thiophene rings is 1. The van der Waals surface area contributed by atoms with E-state index >= 15 is 0 Å². The molecule has 122 valence electrons. The van der Waals surface area contributed by atoms with Gasteiger partial charge in [-0.25, -0.2) is 4.79 Å². The summed E-state index contributed by atoms with van der Waals surface area (Å²) >= 11 is 1.15. The SMILES string of the molecule is NC(=O)c1ccsc1NC(=O)COC(=O)c1cc2ccccc2o1. The number of rotatable bonds is 5. The lowest BCUT2D eigenvalue weighted by molar-refractivity contribution is -0.119. The maximum atomic E-state index is 11.9. The highest BCUT2D eigenvalue weighted by Crippen LogP contribution is 2.22. The molecule has 0 bridgehead atoms. The third kappa shape index (κ3) is 3.28. The second-order valence-corrected chi connectivity index (χ2v) is 5.72. The fourth-order valence-corrected chi connectivity index (χ4v) is 2.86. The molecule has 3 N–H and O–H groups in total. The van der Waals surface area contributed by atoms with E-state index in [0.29, 0.717) is 10.6 Å². The number of nitrogens with two attached hydrogens (primary N) is 1. The standard InChI is InChI=1S/C16H12N2O5S/c17-14(20)10-5-6-24-15(10)18-13(19)8-22-16(21)12-7-9-3-1-2-4-11(9)23-12/h1-7H,8H2,(H2,17,20)(H,18,19). The van der Waals surface area contributed by atoms with Crippen molar-refractivity contribution in [3.8, 4) is 0 Å². The molecule has 3 aromatic rings. The topological polar surface area (TPSA) is 112 Å². The number of carbonyl (C=O) groups is 3. The number of hydrogen-bond donors (Lipinski definition) is 2. The van der Waals surface area contributed by atoms with Gasteiger partial charge >= 0.3 is 5.97 Å². The molecule has 0 saturated heterocycles. The van der Waals surface area contributed by atoms with Gasteiger partial charge in [0.15, 0.2) is 6.61 Å². The van der Waals surface area contributed by atoms with Crippen molar-refractivity contribution < 1.29 is 23.5 Å². The minimum Gasteiger partial charge on any atom is -0.450 e. The molecule has 0 aliphatic carbocycles. The lowest BCUT2D eigenvalue weighted by Crippen LogP contribution is -2.22. The van der Waals surface area contributed by atoms with Gasteiger partial charge in [-0.1, -0.05) is 18.2 Å². The van der Waals surface area contributed by atoms with Crippen molar-refractivity contribution in [3.63, 3.8) is 0 Å². The smallest absolute Gasteiger partial charge is 0.374 e. The van der Waals surface area contributed by atoms with Gasteiger partial charge in [-0.3, -0.25) is 9.59 Å². The molecule has 1 aromatic carbocycles. The molecule has 2 heterocycles. The van der Waals surface area contributed by atoms with Crippen LogP contribution in [0, 0.1) is 0 Å². The number of anilines is 1. The molecule has 0 radical (unpaired) electrons. The second-order valence-electron chi connectivity index (χ2n) is 4.80. The second kappa shape index (κ2) is 6.55. The average molecular weight is 344 g/mol. The summed E-state index contributed by atoms with van der Waals surface area (Å²) in [7, 11) is 0. The van der Waals surface area contributed by atoms with E-state index in [2.05, 4.69) is 5.32 Å². The van der Waals surface area contributed by atoms with Crippen LogP contribution in [0.3, 0.4) is 0 Å². The van der Waals surface area contributed by atoms with Crippen LogP contribution >= 0.6 is 11.3 Å². The first-order chi connectivity index (χ1) is 11.5. The molecule has 2 aromatic heterocycles. The van der Waals surface area contributed by atoms with Gasteiger partial charge in [0.05, 0.1) is 5.56 Å². The summed E-state index contributed by atoms with van der Waals surface area (Å²) in [6, 6.07) is 10.2. The van der Waals surface area contributed by atoms with Crippen molar-refractivity contribution in [2.45, 2.75) is 0 Å². The number of esters is 1. The Morgan fingerprint density at radius 1 is 1.21 bits per heavy atom. The molecule has 2 amide bonds. The number of amides is 2. The Morgan fingerprint density at radius 2 is 2.00 bits per heavy atom. The Labute approximate surface area is 140 Å². The zero-order valence-electron chi connectivity index (χ0n) is 12.3. The summed E-state index contributed by atoms with van der Waals surface area (Å²) in [6.45, 7) is -0.508. The number of benzene rings is 1. The van der Waals surface area contributed by atoms with Crippen molar-refractivity contribution in [3.05, 3.63) is 53.1 Å². The van der Waals surface area contributed by atoms with E-state index in [9.17, 15) is 14.4 Å². The molecule has 0 fully saturated rings. The van der Waals surface area contributed by atoms with Crippen molar-refractivity contribution in [1.29, 1.82) is 0 Å². The molecular weight excluding hydrogens is 332 g/mol. The van der Waals surface area contributed by atoms with Gasteiger partial charge in [0, 0.05) is 5.39 Å². The molecule has 0 unspecified atom stereocenters. The summed E-state index contributed by atoms with van der Waals surface area (Å²) in [5.41, 5.74) is 5.95. The van der Waals surface area contributed by atoms with Crippen LogP contribution < -0.4 is 11.1 Å². The van der Waals surface area contributed by atoms with Crippen LogP contribution in [0.4, 0.5) is 5.00 Å². The van der Waals surface area contributed by atoms with Gasteiger partial charge in [0.25, 0.3) is 11.8 Å². The van der Waals surface area contributed by atoms with Gasteiger partial charge in [0.1, 0.15) is 10.6 Å². The van der Waals surface area contributed by atoms with Crippen LogP contribution in [0.2, 0.25) is 0 Å². The first kappa shape index (κ1) is 15.8. The Bertz CT molecular complexity index is 894. The summed E-state index contributed by atoms with van der Waals surface area (Å²) in [4.78, 5) is 34.9. The quantitative estimate of drug-likeness (QED) is 0.690. The summed E-state index contributed by atoms with van der Waals surface area (Å²) in [5.74, 6) is -1.96. The van der Waals surface area contributed by atoms with E-state index in [1.807, 2.05) is 6.07 Å². The van der Waals surface area contributed by atoms with Gasteiger partial charge in [-0.05, 0) is 23.6 Å². The number of furan rings is 1. The average Bonchev–Trinajstić information content (AvgIpc) is 3.18. The fraction of sp³-hybridized carbons (Fsp3) is 0.0625. The highest BCUT2D eigenvalue weighted by molar-refractivity contribution is 7.14. The number of ether oxygens (including phenoxy) is 1. The normalized spacial score (nSPS) is 10.5. The van der Waals surface area contributed by atoms with E-state index in [1.165, 1.54) is 6.07 Å². The van der Waals surface area contributed by atoms with Crippen LogP contribution in [0.15, 0.2) is 46.2 Å². The Hall–Kier alpha value is -3.13. The number of nitrogens with one attached hydrogen (secondary N) is 1. The third-order valence-electron chi connectivity index (χ3n) is 3.14. The zero-order chi connectivity index (χ0) is 17.1. The minimum atomic E-state index is -0.748. The largest absolute Gasteiger partial charge is 0.450 e. The van der Waals surface area contributed by atoms with Crippen LogP contribution in [-0.4, -0.2) is 24.4 Å². The number of para-hydroxylation sites is 1. The molecule has 3 rings (SSSR count). The van der Waals surface area contributed by atoms with Gasteiger partial charge in [-0.15, -0.1) is 11.3 Å². The molecule has 0 saturated carbocycles. The van der Waals surface area contributed by atoms with Gasteiger partial charge in [0.2, 0.25) is 5.76 Å². The predicted octanol–water partition coefficient (Wildman–Crippen LogP) is 2.39. The molecule has 24 heavy (non-hydrogen) atoms. The summed E-state index contributed by atoms with van der Waals surface area (Å²) < 4.78 is 10.3. The van der Waals surface area contributed by atoms with Crippen LogP contribution in [0.5, 0.6) is 0 Å². The van der Waals surface area contributed by atoms with Crippen molar-refractivity contribution in [2.75, 3.05) is 11.9 Å². The third-order valence-corrected chi connectivity index (χ3v) is 3.97. The van der Waals surface area contributed by atoms with E-state index in [0.717, 1.165) is 16.7 Å². The summed E-state index contributed by atoms with van der Waals surface area (Å²) in [5, 5.41) is 5.17. The van der Waals surface area contributed by atoms with E-state index in [1.54, 1.807) is 29.6 Å². The molecule has 0 aliphatic heterocycles. The molecule has 0 aliphatic rings. The number of primary amides is 1. The summed E-state index contributed by atoms with van der Waals surface area (Å²) in [6.07, 6.45) is 0. The monoisotopic (exact) mass is 344 g/mol. The highest BCUT2D eigenvalue weighted by atomic mass is 32.1. The van der Waals surface area contributed by atoms with E-state index in [4.69, 9.17) is 14.9 Å². The minimum absolute atomic E-state index is 0.0120. The molecule has 7 nitrogen and oxygen atoms in total. The molecule has 0 atom stereocenters. The Kier molecular flexibility index (Phi) is 4.30. The van der Waals surface area contributed by atoms with Crippen molar-refractivity contribution in [2.24, 2.45) is 5.73 Å². The molecular formula is C16H12N2O5S. The van der Waals surface area contributed by atoms with Crippen molar-refractivity contribution in [1.82, 2.24) is 0 Å². The zero-order valence-corrected chi connectivity index (χ0v) is 13.1.